The van der Waals surface area contributed by atoms with Crippen molar-refractivity contribution in [2.75, 3.05) is 13.1 Å². The molecule has 3 atom stereocenters. The number of rotatable bonds is 6. The number of hydrogen-bond acceptors (Lipinski definition) is 3. The Hall–Kier alpha value is -0.120. The van der Waals surface area contributed by atoms with Gasteiger partial charge in [-0.2, -0.15) is 0 Å². The van der Waals surface area contributed by atoms with Crippen molar-refractivity contribution < 1.29 is 5.11 Å². The van der Waals surface area contributed by atoms with E-state index in [-0.39, 0.29) is 6.10 Å². The third-order valence-electron chi connectivity index (χ3n) is 3.20. The van der Waals surface area contributed by atoms with Gasteiger partial charge in [0.25, 0.3) is 0 Å². The summed E-state index contributed by atoms with van der Waals surface area (Å²) in [5.41, 5.74) is 5.69. The molecule has 0 saturated heterocycles. The van der Waals surface area contributed by atoms with Gasteiger partial charge in [0, 0.05) is 12.6 Å². The van der Waals surface area contributed by atoms with E-state index in [0.29, 0.717) is 12.0 Å². The molecule has 3 heteroatoms. The average molecular weight is 200 g/mol. The second kappa shape index (κ2) is 6.38. The molecule has 1 aliphatic rings. The van der Waals surface area contributed by atoms with E-state index in [4.69, 9.17) is 5.73 Å². The summed E-state index contributed by atoms with van der Waals surface area (Å²) in [5, 5.41) is 13.0. The van der Waals surface area contributed by atoms with Crippen molar-refractivity contribution in [3.05, 3.63) is 0 Å². The fraction of sp³-hybridized carbons (Fsp3) is 1.00. The largest absolute Gasteiger partial charge is 0.392 e. The van der Waals surface area contributed by atoms with Crippen LogP contribution in [-0.2, 0) is 0 Å². The summed E-state index contributed by atoms with van der Waals surface area (Å²) in [4.78, 5) is 0. The summed E-state index contributed by atoms with van der Waals surface area (Å²) in [7, 11) is 0. The summed E-state index contributed by atoms with van der Waals surface area (Å²) in [6, 6.07) is 0.548. The van der Waals surface area contributed by atoms with Gasteiger partial charge in [-0.05, 0) is 31.7 Å². The van der Waals surface area contributed by atoms with Crippen LogP contribution in [-0.4, -0.2) is 30.3 Å². The molecule has 1 saturated carbocycles. The zero-order valence-corrected chi connectivity index (χ0v) is 9.21. The predicted octanol–water partition coefficient (Wildman–Crippen LogP) is 0.864. The zero-order valence-electron chi connectivity index (χ0n) is 9.21. The zero-order chi connectivity index (χ0) is 10.4. The van der Waals surface area contributed by atoms with E-state index in [1.807, 2.05) is 0 Å². The first-order valence-electron chi connectivity index (χ1n) is 5.89. The van der Waals surface area contributed by atoms with Gasteiger partial charge in [0.15, 0.2) is 0 Å². The van der Waals surface area contributed by atoms with Crippen LogP contribution in [0, 0.1) is 5.92 Å². The fourth-order valence-electron chi connectivity index (χ4n) is 2.31. The molecule has 14 heavy (non-hydrogen) atoms. The van der Waals surface area contributed by atoms with Gasteiger partial charge in [0.2, 0.25) is 0 Å². The lowest BCUT2D eigenvalue weighted by atomic mass is 10.0. The minimum absolute atomic E-state index is 0.181. The van der Waals surface area contributed by atoms with Gasteiger partial charge in [0.05, 0.1) is 6.10 Å². The van der Waals surface area contributed by atoms with E-state index < -0.39 is 0 Å². The number of nitrogens with one attached hydrogen (secondary N) is 1. The Balaban J connectivity index is 2.16. The highest BCUT2D eigenvalue weighted by Gasteiger charge is 2.25. The molecule has 84 valence electrons. The highest BCUT2D eigenvalue weighted by molar-refractivity contribution is 4.84. The summed E-state index contributed by atoms with van der Waals surface area (Å²) in [5.74, 6) is 0.629. The van der Waals surface area contributed by atoms with Crippen LogP contribution in [0.3, 0.4) is 0 Å². The molecule has 0 bridgehead atoms. The van der Waals surface area contributed by atoms with Crippen LogP contribution >= 0.6 is 0 Å². The van der Waals surface area contributed by atoms with Gasteiger partial charge in [-0.25, -0.2) is 0 Å². The maximum absolute atomic E-state index is 9.57. The van der Waals surface area contributed by atoms with Crippen molar-refractivity contribution in [1.82, 2.24) is 5.32 Å². The van der Waals surface area contributed by atoms with Gasteiger partial charge in [-0.15, -0.1) is 0 Å². The van der Waals surface area contributed by atoms with Crippen molar-refractivity contribution >= 4 is 0 Å². The molecule has 0 radical (unpaired) electrons. The first-order chi connectivity index (χ1) is 6.77. The summed E-state index contributed by atoms with van der Waals surface area (Å²) in [6.45, 7) is 3.61. The Bertz CT molecular complexity index is 152. The van der Waals surface area contributed by atoms with Crippen molar-refractivity contribution in [2.45, 2.75) is 51.2 Å². The third-order valence-corrected chi connectivity index (χ3v) is 3.20. The van der Waals surface area contributed by atoms with E-state index in [0.717, 1.165) is 25.9 Å². The normalized spacial score (nSPS) is 29.4. The van der Waals surface area contributed by atoms with Crippen molar-refractivity contribution in [1.29, 1.82) is 0 Å². The lowest BCUT2D eigenvalue weighted by molar-refractivity contribution is 0.153. The standard InChI is InChI=1S/C11H24N2O/c1-2-4-10(14)8-13-11-6-3-5-9(11)7-12/h9-11,13-14H,2-8,12H2,1H3. The van der Waals surface area contributed by atoms with Gasteiger partial charge in [-0.3, -0.25) is 0 Å². The molecule has 0 heterocycles. The highest BCUT2D eigenvalue weighted by atomic mass is 16.3. The van der Waals surface area contributed by atoms with Crippen molar-refractivity contribution in [2.24, 2.45) is 11.7 Å². The molecular formula is C11H24N2O. The lowest BCUT2D eigenvalue weighted by Gasteiger charge is -2.21. The molecule has 0 aromatic rings. The van der Waals surface area contributed by atoms with E-state index in [9.17, 15) is 5.11 Å². The van der Waals surface area contributed by atoms with Crippen molar-refractivity contribution in [3.63, 3.8) is 0 Å². The molecule has 0 amide bonds. The topological polar surface area (TPSA) is 58.3 Å². The maximum atomic E-state index is 9.57. The number of aliphatic hydroxyl groups excluding tert-OH is 1. The number of hydrogen-bond donors (Lipinski definition) is 3. The van der Waals surface area contributed by atoms with Crippen LogP contribution in [0.4, 0.5) is 0 Å². The van der Waals surface area contributed by atoms with Gasteiger partial charge < -0.3 is 16.2 Å². The van der Waals surface area contributed by atoms with Crippen LogP contribution in [0.2, 0.25) is 0 Å². The monoisotopic (exact) mass is 200 g/mol. The fourth-order valence-corrected chi connectivity index (χ4v) is 2.31. The molecule has 0 aliphatic heterocycles. The molecule has 0 aromatic heterocycles. The minimum atomic E-state index is -0.181. The van der Waals surface area contributed by atoms with Gasteiger partial charge >= 0.3 is 0 Å². The maximum Gasteiger partial charge on any atom is 0.0664 e. The van der Waals surface area contributed by atoms with Crippen LogP contribution in [0.25, 0.3) is 0 Å². The highest BCUT2D eigenvalue weighted by Crippen LogP contribution is 2.24. The molecular weight excluding hydrogens is 176 g/mol. The lowest BCUT2D eigenvalue weighted by Crippen LogP contribution is -2.40. The predicted molar refractivity (Wildman–Crippen MR) is 59.1 cm³/mol. The molecule has 3 nitrogen and oxygen atoms in total. The molecule has 1 aliphatic carbocycles. The Morgan fingerprint density at radius 1 is 1.50 bits per heavy atom. The summed E-state index contributed by atoms with van der Waals surface area (Å²) in [6.07, 6.45) is 5.52. The Morgan fingerprint density at radius 2 is 2.29 bits per heavy atom. The average Bonchev–Trinajstić information content (AvgIpc) is 2.62. The van der Waals surface area contributed by atoms with Gasteiger partial charge in [0.1, 0.15) is 0 Å². The van der Waals surface area contributed by atoms with E-state index in [1.165, 1.54) is 19.3 Å². The third kappa shape index (κ3) is 3.56. The SMILES string of the molecule is CCCC(O)CNC1CCCC1CN. The second-order valence-corrected chi connectivity index (χ2v) is 4.38. The van der Waals surface area contributed by atoms with E-state index >= 15 is 0 Å². The summed E-state index contributed by atoms with van der Waals surface area (Å²) < 4.78 is 0. The Morgan fingerprint density at radius 3 is 2.93 bits per heavy atom. The van der Waals surface area contributed by atoms with Crippen LogP contribution < -0.4 is 11.1 Å². The van der Waals surface area contributed by atoms with Gasteiger partial charge in [-0.1, -0.05) is 19.8 Å². The quantitative estimate of drug-likeness (QED) is 0.596. The van der Waals surface area contributed by atoms with Crippen LogP contribution in [0.15, 0.2) is 0 Å². The van der Waals surface area contributed by atoms with E-state index in [2.05, 4.69) is 12.2 Å². The number of aliphatic hydroxyl groups is 1. The summed E-state index contributed by atoms with van der Waals surface area (Å²) >= 11 is 0. The van der Waals surface area contributed by atoms with Crippen LogP contribution in [0.5, 0.6) is 0 Å². The molecule has 0 aromatic carbocycles. The smallest absolute Gasteiger partial charge is 0.0664 e. The second-order valence-electron chi connectivity index (χ2n) is 4.38. The first-order valence-corrected chi connectivity index (χ1v) is 5.89. The number of nitrogens with two attached hydrogens (primary N) is 1. The Kier molecular flexibility index (Phi) is 5.45. The molecule has 3 unspecified atom stereocenters. The molecule has 1 rings (SSSR count). The minimum Gasteiger partial charge on any atom is -0.392 e. The van der Waals surface area contributed by atoms with Crippen LogP contribution in [0.1, 0.15) is 39.0 Å². The Labute approximate surface area is 87.1 Å². The van der Waals surface area contributed by atoms with Crippen molar-refractivity contribution in [3.8, 4) is 0 Å². The molecule has 0 spiro atoms. The molecule has 1 fully saturated rings. The first kappa shape index (κ1) is 12.0. The van der Waals surface area contributed by atoms with E-state index in [1.54, 1.807) is 0 Å². The molecule has 4 N–H and O–H groups in total.